The third kappa shape index (κ3) is 4.01. The van der Waals surface area contributed by atoms with Gasteiger partial charge in [-0.15, -0.1) is 0 Å². The van der Waals surface area contributed by atoms with Crippen LogP contribution in [0.1, 0.15) is 53.9 Å². The molecule has 0 atom stereocenters. The van der Waals surface area contributed by atoms with Gasteiger partial charge in [-0.1, -0.05) is 43.5 Å². The first kappa shape index (κ1) is 18.9. The number of benzene rings is 2. The van der Waals surface area contributed by atoms with Gasteiger partial charge in [-0.25, -0.2) is 0 Å². The van der Waals surface area contributed by atoms with Gasteiger partial charge in [0.2, 0.25) is 0 Å². The van der Waals surface area contributed by atoms with Gasteiger partial charge in [0.1, 0.15) is 5.75 Å². The number of carbonyl (C=O) groups excluding carboxylic acids is 1. The molecule has 2 aromatic carbocycles. The van der Waals surface area contributed by atoms with Crippen LogP contribution in [-0.4, -0.2) is 44.1 Å². The fraction of sp³-hybridized carbons (Fsp3) is 0.458. The number of amides is 1. The Bertz CT molecular complexity index is 789. The summed E-state index contributed by atoms with van der Waals surface area (Å²) in [6.07, 6.45) is 6.62. The molecule has 2 aromatic rings. The van der Waals surface area contributed by atoms with Crippen molar-refractivity contribution in [2.75, 3.05) is 38.2 Å². The van der Waals surface area contributed by atoms with E-state index in [9.17, 15) is 4.79 Å². The number of hydrogen-bond donors (Lipinski definition) is 0. The molecule has 28 heavy (non-hydrogen) atoms. The molecule has 1 saturated carbocycles. The highest BCUT2D eigenvalue weighted by Crippen LogP contribution is 2.33. The van der Waals surface area contributed by atoms with Crippen molar-refractivity contribution in [1.82, 2.24) is 4.90 Å². The SMILES string of the molecule is COc1ccccc1N1CCN(C(=O)c2ccc(C3CCCCC3)cc2)CC1. The Morgan fingerprint density at radius 3 is 2.25 bits per heavy atom. The highest BCUT2D eigenvalue weighted by Gasteiger charge is 2.24. The van der Waals surface area contributed by atoms with Crippen LogP contribution in [0, 0.1) is 0 Å². The number of anilines is 1. The molecule has 0 spiro atoms. The van der Waals surface area contributed by atoms with E-state index < -0.39 is 0 Å². The van der Waals surface area contributed by atoms with E-state index in [1.807, 2.05) is 35.2 Å². The molecule has 0 unspecified atom stereocenters. The van der Waals surface area contributed by atoms with Crippen molar-refractivity contribution in [3.63, 3.8) is 0 Å². The van der Waals surface area contributed by atoms with Crippen LogP contribution < -0.4 is 9.64 Å². The Kier molecular flexibility index (Phi) is 5.84. The first-order chi connectivity index (χ1) is 13.8. The monoisotopic (exact) mass is 378 g/mol. The zero-order valence-electron chi connectivity index (χ0n) is 16.8. The first-order valence-electron chi connectivity index (χ1n) is 10.5. The minimum Gasteiger partial charge on any atom is -0.495 e. The van der Waals surface area contributed by atoms with Crippen molar-refractivity contribution in [2.45, 2.75) is 38.0 Å². The predicted molar refractivity (Wildman–Crippen MR) is 113 cm³/mol. The Morgan fingerprint density at radius 2 is 1.57 bits per heavy atom. The third-order valence-corrected chi connectivity index (χ3v) is 6.23. The van der Waals surface area contributed by atoms with Gasteiger partial charge in [-0.05, 0) is 48.6 Å². The van der Waals surface area contributed by atoms with Gasteiger partial charge >= 0.3 is 0 Å². The summed E-state index contributed by atoms with van der Waals surface area (Å²) in [5.41, 5.74) is 3.32. The summed E-state index contributed by atoms with van der Waals surface area (Å²) in [4.78, 5) is 17.2. The highest BCUT2D eigenvalue weighted by atomic mass is 16.5. The number of carbonyl (C=O) groups is 1. The Labute approximate surface area is 168 Å². The summed E-state index contributed by atoms with van der Waals surface area (Å²) in [7, 11) is 1.70. The molecule has 4 heteroatoms. The largest absolute Gasteiger partial charge is 0.495 e. The molecule has 4 rings (SSSR count). The predicted octanol–water partition coefficient (Wildman–Crippen LogP) is 4.71. The van der Waals surface area contributed by atoms with Gasteiger partial charge in [0, 0.05) is 31.7 Å². The number of piperazine rings is 1. The molecular weight excluding hydrogens is 348 g/mol. The number of methoxy groups -OCH3 is 1. The number of ether oxygens (including phenoxy) is 1. The normalized spacial score (nSPS) is 18.2. The molecular formula is C24H30N2O2. The Hall–Kier alpha value is -2.49. The summed E-state index contributed by atoms with van der Waals surface area (Å²) in [5.74, 6) is 1.72. The van der Waals surface area contributed by atoms with Crippen molar-refractivity contribution >= 4 is 11.6 Å². The number of para-hydroxylation sites is 2. The lowest BCUT2D eigenvalue weighted by molar-refractivity contribution is 0.0746. The molecule has 2 fully saturated rings. The first-order valence-corrected chi connectivity index (χ1v) is 10.5. The van der Waals surface area contributed by atoms with Crippen LogP contribution in [0.5, 0.6) is 5.75 Å². The van der Waals surface area contributed by atoms with E-state index in [1.165, 1.54) is 37.7 Å². The molecule has 1 saturated heterocycles. The number of hydrogen-bond acceptors (Lipinski definition) is 3. The molecule has 1 heterocycles. The van der Waals surface area contributed by atoms with Crippen molar-refractivity contribution in [1.29, 1.82) is 0 Å². The molecule has 148 valence electrons. The lowest BCUT2D eigenvalue weighted by atomic mass is 9.84. The van der Waals surface area contributed by atoms with E-state index in [2.05, 4.69) is 23.1 Å². The Morgan fingerprint density at radius 1 is 0.893 bits per heavy atom. The van der Waals surface area contributed by atoms with Gasteiger partial charge in [0.05, 0.1) is 12.8 Å². The van der Waals surface area contributed by atoms with Crippen LogP contribution in [0.3, 0.4) is 0 Å². The molecule has 0 bridgehead atoms. The van der Waals surface area contributed by atoms with Gasteiger partial charge in [0.25, 0.3) is 5.91 Å². The van der Waals surface area contributed by atoms with Crippen LogP contribution >= 0.6 is 0 Å². The maximum Gasteiger partial charge on any atom is 0.253 e. The van der Waals surface area contributed by atoms with E-state index >= 15 is 0 Å². The molecule has 0 radical (unpaired) electrons. The lowest BCUT2D eigenvalue weighted by Gasteiger charge is -2.36. The maximum atomic E-state index is 12.9. The van der Waals surface area contributed by atoms with Crippen LogP contribution in [0.2, 0.25) is 0 Å². The maximum absolute atomic E-state index is 12.9. The molecule has 1 aliphatic heterocycles. The third-order valence-electron chi connectivity index (χ3n) is 6.23. The number of nitrogens with zero attached hydrogens (tertiary/aromatic N) is 2. The van der Waals surface area contributed by atoms with E-state index in [0.717, 1.165) is 43.2 Å². The van der Waals surface area contributed by atoms with Crippen LogP contribution in [-0.2, 0) is 0 Å². The average molecular weight is 379 g/mol. The standard InChI is InChI=1S/C24H30N2O2/c1-28-23-10-6-5-9-22(23)25-15-17-26(18-16-25)24(27)21-13-11-20(12-14-21)19-7-3-2-4-8-19/h5-6,9-14,19H,2-4,7-8,15-18H2,1H3. The summed E-state index contributed by atoms with van der Waals surface area (Å²) >= 11 is 0. The zero-order valence-corrected chi connectivity index (χ0v) is 16.8. The van der Waals surface area contributed by atoms with Crippen molar-refractivity contribution in [3.05, 3.63) is 59.7 Å². The van der Waals surface area contributed by atoms with E-state index in [1.54, 1.807) is 7.11 Å². The Balaban J connectivity index is 1.37. The summed E-state index contributed by atoms with van der Waals surface area (Å²) in [5, 5.41) is 0. The minimum absolute atomic E-state index is 0.148. The van der Waals surface area contributed by atoms with Crippen LogP contribution in [0.4, 0.5) is 5.69 Å². The van der Waals surface area contributed by atoms with Crippen molar-refractivity contribution in [3.8, 4) is 5.75 Å². The van der Waals surface area contributed by atoms with E-state index in [-0.39, 0.29) is 5.91 Å². The molecule has 4 nitrogen and oxygen atoms in total. The molecule has 1 aliphatic carbocycles. The summed E-state index contributed by atoms with van der Waals surface area (Å²) < 4.78 is 5.48. The second-order valence-corrected chi connectivity index (χ2v) is 7.91. The van der Waals surface area contributed by atoms with Gasteiger partial charge in [-0.2, -0.15) is 0 Å². The topological polar surface area (TPSA) is 32.8 Å². The fourth-order valence-electron chi connectivity index (χ4n) is 4.56. The van der Waals surface area contributed by atoms with E-state index in [0.29, 0.717) is 5.92 Å². The number of rotatable bonds is 4. The van der Waals surface area contributed by atoms with Gasteiger partial charge in [0.15, 0.2) is 0 Å². The summed E-state index contributed by atoms with van der Waals surface area (Å²) in [6, 6.07) is 16.5. The molecule has 2 aliphatic rings. The van der Waals surface area contributed by atoms with Crippen LogP contribution in [0.25, 0.3) is 0 Å². The lowest BCUT2D eigenvalue weighted by Crippen LogP contribution is -2.48. The van der Waals surface area contributed by atoms with Crippen LogP contribution in [0.15, 0.2) is 48.5 Å². The summed E-state index contributed by atoms with van der Waals surface area (Å²) in [6.45, 7) is 3.13. The van der Waals surface area contributed by atoms with E-state index in [4.69, 9.17) is 4.74 Å². The van der Waals surface area contributed by atoms with Crippen molar-refractivity contribution < 1.29 is 9.53 Å². The molecule has 0 aromatic heterocycles. The van der Waals surface area contributed by atoms with Crippen molar-refractivity contribution in [2.24, 2.45) is 0 Å². The zero-order chi connectivity index (χ0) is 19.3. The quantitative estimate of drug-likeness (QED) is 0.773. The molecule has 1 amide bonds. The van der Waals surface area contributed by atoms with Gasteiger partial charge < -0.3 is 14.5 Å². The minimum atomic E-state index is 0.148. The average Bonchev–Trinajstić information content (AvgIpc) is 2.79. The highest BCUT2D eigenvalue weighted by molar-refractivity contribution is 5.94. The second kappa shape index (κ2) is 8.68. The molecule has 0 N–H and O–H groups in total. The smallest absolute Gasteiger partial charge is 0.253 e. The van der Waals surface area contributed by atoms with Gasteiger partial charge in [-0.3, -0.25) is 4.79 Å². The fourth-order valence-corrected chi connectivity index (χ4v) is 4.56. The second-order valence-electron chi connectivity index (χ2n) is 7.91.